The topological polar surface area (TPSA) is 17.0 Å². The Morgan fingerprint density at radius 3 is 2.52 bits per heavy atom. The Labute approximate surface area is 138 Å². The van der Waals surface area contributed by atoms with Crippen molar-refractivity contribution in [2.24, 2.45) is 5.92 Å². The molecule has 1 fully saturated rings. The fourth-order valence-electron chi connectivity index (χ4n) is 4.15. The van der Waals surface area contributed by atoms with Gasteiger partial charge in [-0.3, -0.25) is 0 Å². The van der Waals surface area contributed by atoms with E-state index in [9.17, 15) is 0 Å². The number of nitrogens with one attached hydrogen (secondary N) is 1. The molecule has 0 radical (unpaired) electrons. The molecule has 2 nitrogen and oxygen atoms in total. The Balaban J connectivity index is 1.80. The first kappa shape index (κ1) is 14.8. The van der Waals surface area contributed by atoms with Crippen LogP contribution in [-0.4, -0.2) is 17.7 Å². The molecular weight excluding hydrogens is 280 g/mol. The van der Waals surface area contributed by atoms with Crippen LogP contribution >= 0.6 is 0 Å². The fourth-order valence-corrected chi connectivity index (χ4v) is 4.15. The highest BCUT2D eigenvalue weighted by atomic mass is 15.0. The normalized spacial score (nSPS) is 16.7. The SMILES string of the molecule is CC(C)n1c2ccccc2c2cc(CC3CCNCC3)ccc21. The molecule has 120 valence electrons. The predicted octanol–water partition coefficient (Wildman–Crippen LogP) is 4.92. The molecule has 0 bridgehead atoms. The van der Waals surface area contributed by atoms with Crippen LogP contribution in [0.5, 0.6) is 0 Å². The van der Waals surface area contributed by atoms with Crippen LogP contribution in [0.4, 0.5) is 0 Å². The van der Waals surface area contributed by atoms with Crippen molar-refractivity contribution in [3.05, 3.63) is 48.0 Å². The van der Waals surface area contributed by atoms with Crippen LogP contribution < -0.4 is 5.32 Å². The van der Waals surface area contributed by atoms with Gasteiger partial charge in [0, 0.05) is 27.8 Å². The molecule has 23 heavy (non-hydrogen) atoms. The van der Waals surface area contributed by atoms with Crippen LogP contribution in [0.1, 0.15) is 38.3 Å². The highest BCUT2D eigenvalue weighted by Gasteiger charge is 2.16. The van der Waals surface area contributed by atoms with Crippen molar-refractivity contribution in [2.45, 2.75) is 39.2 Å². The van der Waals surface area contributed by atoms with Crippen molar-refractivity contribution in [3.8, 4) is 0 Å². The lowest BCUT2D eigenvalue weighted by Gasteiger charge is -2.22. The molecule has 4 rings (SSSR count). The summed E-state index contributed by atoms with van der Waals surface area (Å²) in [5.41, 5.74) is 4.22. The number of piperidine rings is 1. The minimum atomic E-state index is 0.479. The van der Waals surface area contributed by atoms with Crippen LogP contribution in [-0.2, 0) is 6.42 Å². The van der Waals surface area contributed by atoms with E-state index in [1.807, 2.05) is 0 Å². The molecule has 0 saturated carbocycles. The highest BCUT2D eigenvalue weighted by molar-refractivity contribution is 6.08. The molecule has 0 unspecified atom stereocenters. The zero-order chi connectivity index (χ0) is 15.8. The smallest absolute Gasteiger partial charge is 0.0493 e. The minimum Gasteiger partial charge on any atom is -0.338 e. The van der Waals surface area contributed by atoms with Gasteiger partial charge in [-0.05, 0) is 75.9 Å². The number of hydrogen-bond acceptors (Lipinski definition) is 1. The number of hydrogen-bond donors (Lipinski definition) is 1. The fraction of sp³-hybridized carbons (Fsp3) is 0.429. The average molecular weight is 306 g/mol. The Morgan fingerprint density at radius 2 is 1.74 bits per heavy atom. The molecule has 1 aromatic heterocycles. The molecule has 2 heteroatoms. The van der Waals surface area contributed by atoms with Gasteiger partial charge < -0.3 is 9.88 Å². The van der Waals surface area contributed by atoms with E-state index in [2.05, 4.69) is 66.2 Å². The molecule has 0 spiro atoms. The van der Waals surface area contributed by atoms with Crippen LogP contribution in [0, 0.1) is 5.92 Å². The van der Waals surface area contributed by atoms with Gasteiger partial charge in [0.15, 0.2) is 0 Å². The second-order valence-electron chi connectivity index (χ2n) is 7.23. The molecule has 1 saturated heterocycles. The number of fused-ring (bicyclic) bond motifs is 3. The van der Waals surface area contributed by atoms with Gasteiger partial charge in [0.05, 0.1) is 0 Å². The Kier molecular flexibility index (Phi) is 3.86. The van der Waals surface area contributed by atoms with Gasteiger partial charge in [0.25, 0.3) is 0 Å². The minimum absolute atomic E-state index is 0.479. The number of para-hydroxylation sites is 1. The van der Waals surface area contributed by atoms with E-state index < -0.39 is 0 Å². The molecule has 0 aliphatic carbocycles. The van der Waals surface area contributed by atoms with E-state index >= 15 is 0 Å². The third-order valence-corrected chi connectivity index (χ3v) is 5.27. The molecule has 0 atom stereocenters. The molecule has 1 aliphatic rings. The van der Waals surface area contributed by atoms with E-state index in [0.29, 0.717) is 6.04 Å². The third-order valence-electron chi connectivity index (χ3n) is 5.27. The van der Waals surface area contributed by atoms with Gasteiger partial charge in [-0.25, -0.2) is 0 Å². The van der Waals surface area contributed by atoms with Crippen LogP contribution in [0.15, 0.2) is 42.5 Å². The third kappa shape index (κ3) is 2.66. The lowest BCUT2D eigenvalue weighted by molar-refractivity contribution is 0.373. The van der Waals surface area contributed by atoms with Crippen molar-refractivity contribution in [1.29, 1.82) is 0 Å². The summed E-state index contributed by atoms with van der Waals surface area (Å²) in [6, 6.07) is 16.4. The summed E-state index contributed by atoms with van der Waals surface area (Å²) in [6.07, 6.45) is 3.84. The van der Waals surface area contributed by atoms with Gasteiger partial charge in [-0.2, -0.15) is 0 Å². The molecule has 2 heterocycles. The number of aromatic nitrogens is 1. The second kappa shape index (κ2) is 6.01. The van der Waals surface area contributed by atoms with Crippen molar-refractivity contribution in [3.63, 3.8) is 0 Å². The van der Waals surface area contributed by atoms with E-state index in [4.69, 9.17) is 0 Å². The Bertz CT molecular complexity index is 822. The zero-order valence-corrected chi connectivity index (χ0v) is 14.2. The van der Waals surface area contributed by atoms with Gasteiger partial charge in [0.2, 0.25) is 0 Å². The zero-order valence-electron chi connectivity index (χ0n) is 14.2. The summed E-state index contributed by atoms with van der Waals surface area (Å²) < 4.78 is 2.47. The van der Waals surface area contributed by atoms with Gasteiger partial charge in [0.1, 0.15) is 0 Å². The number of nitrogens with zero attached hydrogens (tertiary/aromatic N) is 1. The lowest BCUT2D eigenvalue weighted by atomic mass is 9.90. The predicted molar refractivity (Wildman–Crippen MR) is 99.1 cm³/mol. The highest BCUT2D eigenvalue weighted by Crippen LogP contribution is 2.33. The maximum Gasteiger partial charge on any atom is 0.0493 e. The maximum absolute atomic E-state index is 3.47. The molecule has 0 amide bonds. The molecule has 1 aliphatic heterocycles. The summed E-state index contributed by atoms with van der Waals surface area (Å²) in [4.78, 5) is 0. The summed E-state index contributed by atoms with van der Waals surface area (Å²) in [5.74, 6) is 0.840. The quantitative estimate of drug-likeness (QED) is 0.727. The van der Waals surface area contributed by atoms with E-state index in [-0.39, 0.29) is 0 Å². The molecule has 2 aromatic carbocycles. The number of rotatable bonds is 3. The largest absolute Gasteiger partial charge is 0.338 e. The first-order valence-electron chi connectivity index (χ1n) is 8.96. The van der Waals surface area contributed by atoms with E-state index in [0.717, 1.165) is 5.92 Å². The monoisotopic (exact) mass is 306 g/mol. The van der Waals surface area contributed by atoms with Crippen molar-refractivity contribution in [1.82, 2.24) is 9.88 Å². The lowest BCUT2D eigenvalue weighted by Crippen LogP contribution is -2.28. The van der Waals surface area contributed by atoms with Crippen molar-refractivity contribution in [2.75, 3.05) is 13.1 Å². The molecular formula is C21H26N2. The summed E-state index contributed by atoms with van der Waals surface area (Å²) >= 11 is 0. The summed E-state index contributed by atoms with van der Waals surface area (Å²) in [6.45, 7) is 6.91. The Hall–Kier alpha value is -1.80. The van der Waals surface area contributed by atoms with Gasteiger partial charge in [-0.15, -0.1) is 0 Å². The average Bonchev–Trinajstić information content (AvgIpc) is 2.90. The number of benzene rings is 2. The van der Waals surface area contributed by atoms with Crippen molar-refractivity contribution >= 4 is 21.8 Å². The summed E-state index contributed by atoms with van der Waals surface area (Å²) in [5, 5.41) is 6.28. The maximum atomic E-state index is 3.47. The first-order chi connectivity index (χ1) is 11.2. The van der Waals surface area contributed by atoms with Crippen molar-refractivity contribution < 1.29 is 0 Å². The Morgan fingerprint density at radius 1 is 1.00 bits per heavy atom. The van der Waals surface area contributed by atoms with Crippen LogP contribution in [0.25, 0.3) is 21.8 Å². The van der Waals surface area contributed by atoms with Crippen LogP contribution in [0.3, 0.4) is 0 Å². The van der Waals surface area contributed by atoms with Crippen LogP contribution in [0.2, 0.25) is 0 Å². The molecule has 1 N–H and O–H groups in total. The summed E-state index contributed by atoms with van der Waals surface area (Å²) in [7, 11) is 0. The van der Waals surface area contributed by atoms with E-state index in [1.54, 1.807) is 0 Å². The standard InChI is InChI=1S/C21H26N2/c1-15(2)23-20-6-4-3-5-18(20)19-14-17(7-8-21(19)23)13-16-9-11-22-12-10-16/h3-8,14-16,22H,9-13H2,1-2H3. The first-order valence-corrected chi connectivity index (χ1v) is 8.96. The van der Waals surface area contributed by atoms with Gasteiger partial charge in [-0.1, -0.05) is 24.3 Å². The van der Waals surface area contributed by atoms with E-state index in [1.165, 1.54) is 59.7 Å². The second-order valence-corrected chi connectivity index (χ2v) is 7.23. The molecule has 3 aromatic rings. The van der Waals surface area contributed by atoms with Gasteiger partial charge >= 0.3 is 0 Å².